The van der Waals surface area contributed by atoms with E-state index in [-0.39, 0.29) is 31.1 Å². The number of hydrogen-bond donors (Lipinski definition) is 2. The largest absolute Gasteiger partial charge is 0.480 e. The molecule has 34 heavy (non-hydrogen) atoms. The Morgan fingerprint density at radius 2 is 1.62 bits per heavy atom. The van der Waals surface area contributed by atoms with E-state index >= 15 is 0 Å². The Morgan fingerprint density at radius 1 is 1.00 bits per heavy atom. The zero-order valence-electron chi connectivity index (χ0n) is 18.8. The highest BCUT2D eigenvalue weighted by molar-refractivity contribution is 5.86. The van der Waals surface area contributed by atoms with Crippen LogP contribution in [-0.2, 0) is 19.1 Å². The predicted molar refractivity (Wildman–Crippen MR) is 123 cm³/mol. The molecular formula is C26H28N2O6. The van der Waals surface area contributed by atoms with Gasteiger partial charge < -0.3 is 24.8 Å². The normalized spacial score (nSPS) is 17.9. The first-order chi connectivity index (χ1) is 16.5. The molecule has 0 radical (unpaired) electrons. The molecule has 8 nitrogen and oxygen atoms in total. The van der Waals surface area contributed by atoms with Gasteiger partial charge in [0.2, 0.25) is 5.91 Å². The van der Waals surface area contributed by atoms with Crippen LogP contribution in [0.15, 0.2) is 48.5 Å². The SMILES string of the molecule is O=C(O)COC1CN(C(=O)[C@H](CC2CC2)NC(=O)OCC2c3ccccc3-c3ccccc32)C1. The Hall–Kier alpha value is -3.39. The maximum absolute atomic E-state index is 13.0. The number of nitrogens with zero attached hydrogens (tertiary/aromatic N) is 1. The van der Waals surface area contributed by atoms with Gasteiger partial charge in [-0.15, -0.1) is 0 Å². The minimum Gasteiger partial charge on any atom is -0.480 e. The molecule has 0 spiro atoms. The molecule has 5 rings (SSSR count). The Balaban J connectivity index is 1.18. The van der Waals surface area contributed by atoms with Crippen LogP contribution >= 0.6 is 0 Å². The molecule has 1 atom stereocenters. The number of rotatable bonds is 9. The van der Waals surface area contributed by atoms with Crippen molar-refractivity contribution in [2.45, 2.75) is 37.3 Å². The Morgan fingerprint density at radius 3 is 2.21 bits per heavy atom. The number of benzene rings is 2. The molecule has 1 aliphatic heterocycles. The summed E-state index contributed by atoms with van der Waals surface area (Å²) in [5.41, 5.74) is 4.59. The first-order valence-corrected chi connectivity index (χ1v) is 11.7. The van der Waals surface area contributed by atoms with Gasteiger partial charge in [0.15, 0.2) is 0 Å². The number of carboxylic acid groups (broad SMARTS) is 1. The van der Waals surface area contributed by atoms with Gasteiger partial charge in [-0.3, -0.25) is 4.79 Å². The highest BCUT2D eigenvalue weighted by Crippen LogP contribution is 2.44. The van der Waals surface area contributed by atoms with Crippen molar-refractivity contribution in [1.82, 2.24) is 10.2 Å². The quantitative estimate of drug-likeness (QED) is 0.591. The average Bonchev–Trinajstić information content (AvgIpc) is 3.56. The van der Waals surface area contributed by atoms with E-state index in [1.54, 1.807) is 4.90 Å². The van der Waals surface area contributed by atoms with Crippen molar-refractivity contribution in [3.8, 4) is 11.1 Å². The van der Waals surface area contributed by atoms with Crippen molar-refractivity contribution in [2.75, 3.05) is 26.3 Å². The molecule has 1 saturated carbocycles. The fraction of sp³-hybridized carbons (Fsp3) is 0.423. The molecule has 2 fully saturated rings. The van der Waals surface area contributed by atoms with Crippen molar-refractivity contribution in [1.29, 1.82) is 0 Å². The number of amides is 2. The third-order valence-corrected chi connectivity index (χ3v) is 6.80. The lowest BCUT2D eigenvalue weighted by Gasteiger charge is -2.40. The van der Waals surface area contributed by atoms with Crippen LogP contribution in [0.25, 0.3) is 11.1 Å². The smallest absolute Gasteiger partial charge is 0.407 e. The van der Waals surface area contributed by atoms with Crippen molar-refractivity contribution in [3.63, 3.8) is 0 Å². The van der Waals surface area contributed by atoms with E-state index in [2.05, 4.69) is 29.6 Å². The predicted octanol–water partition coefficient (Wildman–Crippen LogP) is 3.01. The summed E-state index contributed by atoms with van der Waals surface area (Å²) in [6.45, 7) is 0.481. The molecule has 0 aromatic heterocycles. The monoisotopic (exact) mass is 464 g/mol. The first-order valence-electron chi connectivity index (χ1n) is 11.7. The van der Waals surface area contributed by atoms with Crippen LogP contribution < -0.4 is 5.32 Å². The van der Waals surface area contributed by atoms with E-state index in [1.807, 2.05) is 24.3 Å². The lowest BCUT2D eigenvalue weighted by atomic mass is 9.98. The van der Waals surface area contributed by atoms with Crippen LogP contribution in [0.4, 0.5) is 4.79 Å². The van der Waals surface area contributed by atoms with Gasteiger partial charge in [-0.25, -0.2) is 9.59 Å². The van der Waals surface area contributed by atoms with Crippen LogP contribution in [0.2, 0.25) is 0 Å². The molecule has 2 aromatic carbocycles. The number of carboxylic acids is 1. The van der Waals surface area contributed by atoms with Gasteiger partial charge in [0.1, 0.15) is 19.3 Å². The number of fused-ring (bicyclic) bond motifs is 3. The van der Waals surface area contributed by atoms with Crippen molar-refractivity contribution in [2.24, 2.45) is 5.92 Å². The lowest BCUT2D eigenvalue weighted by Crippen LogP contribution is -2.60. The fourth-order valence-corrected chi connectivity index (χ4v) is 4.82. The van der Waals surface area contributed by atoms with Crippen molar-refractivity contribution in [3.05, 3.63) is 59.7 Å². The minimum atomic E-state index is -1.03. The molecule has 1 heterocycles. The summed E-state index contributed by atoms with van der Waals surface area (Å²) < 4.78 is 10.9. The molecule has 2 aromatic rings. The Kier molecular flexibility index (Phi) is 6.24. The maximum Gasteiger partial charge on any atom is 0.407 e. The number of aliphatic carboxylic acids is 1. The molecule has 2 N–H and O–H groups in total. The highest BCUT2D eigenvalue weighted by Gasteiger charge is 2.39. The number of nitrogens with one attached hydrogen (secondary N) is 1. The second-order valence-electron chi connectivity index (χ2n) is 9.27. The third kappa shape index (κ3) is 4.77. The second kappa shape index (κ2) is 9.46. The zero-order chi connectivity index (χ0) is 23.7. The van der Waals surface area contributed by atoms with Crippen LogP contribution in [0.5, 0.6) is 0 Å². The summed E-state index contributed by atoms with van der Waals surface area (Å²) in [6.07, 6.45) is 1.82. The summed E-state index contributed by atoms with van der Waals surface area (Å²) in [5.74, 6) is -0.815. The molecule has 2 aliphatic carbocycles. The topological polar surface area (TPSA) is 105 Å². The van der Waals surface area contributed by atoms with Gasteiger partial charge in [-0.05, 0) is 34.6 Å². The standard InChI is InChI=1S/C26H28N2O6/c29-24(30)15-33-17-12-28(13-17)25(31)23(11-16-9-10-16)27-26(32)34-14-22-20-7-3-1-5-18(20)19-6-2-4-8-21(19)22/h1-8,16-17,22-23H,9-15H2,(H,27,32)(H,29,30)/t23-/m0/s1. The van der Waals surface area contributed by atoms with E-state index in [9.17, 15) is 14.4 Å². The van der Waals surface area contributed by atoms with Crippen LogP contribution in [-0.4, -0.2) is 66.4 Å². The van der Waals surface area contributed by atoms with E-state index in [0.717, 1.165) is 35.1 Å². The number of hydrogen-bond acceptors (Lipinski definition) is 5. The van der Waals surface area contributed by atoms with Gasteiger partial charge in [0.25, 0.3) is 0 Å². The third-order valence-electron chi connectivity index (χ3n) is 6.80. The number of carbonyl (C=O) groups excluding carboxylic acids is 2. The second-order valence-corrected chi connectivity index (χ2v) is 9.27. The first kappa shape index (κ1) is 22.4. The van der Waals surface area contributed by atoms with Gasteiger partial charge in [0.05, 0.1) is 6.10 Å². The van der Waals surface area contributed by atoms with Gasteiger partial charge in [0, 0.05) is 19.0 Å². The molecule has 8 heteroatoms. The molecule has 1 saturated heterocycles. The summed E-state index contributed by atoms with van der Waals surface area (Å²) in [4.78, 5) is 37.9. The van der Waals surface area contributed by atoms with Gasteiger partial charge in [-0.1, -0.05) is 61.4 Å². The molecular weight excluding hydrogens is 436 g/mol. The molecule has 0 bridgehead atoms. The van der Waals surface area contributed by atoms with Crippen LogP contribution in [0.3, 0.4) is 0 Å². The minimum absolute atomic E-state index is 0.0433. The zero-order valence-corrected chi connectivity index (χ0v) is 18.8. The van der Waals surface area contributed by atoms with Crippen molar-refractivity contribution < 1.29 is 29.0 Å². The summed E-state index contributed by atoms with van der Waals surface area (Å²) >= 11 is 0. The Bertz CT molecular complexity index is 1050. The van der Waals surface area contributed by atoms with Gasteiger partial charge >= 0.3 is 12.1 Å². The van der Waals surface area contributed by atoms with E-state index in [0.29, 0.717) is 25.4 Å². The van der Waals surface area contributed by atoms with E-state index in [1.165, 1.54) is 0 Å². The molecule has 3 aliphatic rings. The molecule has 178 valence electrons. The number of carbonyl (C=O) groups is 3. The number of ether oxygens (including phenoxy) is 2. The maximum atomic E-state index is 13.0. The Labute approximate surface area is 197 Å². The van der Waals surface area contributed by atoms with Crippen LogP contribution in [0.1, 0.15) is 36.3 Å². The highest BCUT2D eigenvalue weighted by atomic mass is 16.5. The van der Waals surface area contributed by atoms with E-state index < -0.39 is 18.1 Å². The van der Waals surface area contributed by atoms with E-state index in [4.69, 9.17) is 14.6 Å². The lowest BCUT2D eigenvalue weighted by molar-refractivity contribution is -0.155. The summed E-state index contributed by atoms with van der Waals surface area (Å²) in [5, 5.41) is 11.5. The fourth-order valence-electron chi connectivity index (χ4n) is 4.82. The number of likely N-dealkylation sites (tertiary alicyclic amines) is 1. The van der Waals surface area contributed by atoms with Gasteiger partial charge in [-0.2, -0.15) is 0 Å². The summed E-state index contributed by atoms with van der Waals surface area (Å²) in [7, 11) is 0. The summed E-state index contributed by atoms with van der Waals surface area (Å²) in [6, 6.07) is 15.6. The van der Waals surface area contributed by atoms with Crippen LogP contribution in [0, 0.1) is 5.92 Å². The molecule has 2 amide bonds. The van der Waals surface area contributed by atoms with Crippen molar-refractivity contribution >= 4 is 18.0 Å². The average molecular weight is 465 g/mol. The number of alkyl carbamates (subject to hydrolysis) is 1. The molecule has 0 unspecified atom stereocenters.